The summed E-state index contributed by atoms with van der Waals surface area (Å²) < 4.78 is 0. The molecule has 104 valence electrons. The van der Waals surface area contributed by atoms with E-state index in [1.165, 1.54) is 17.2 Å². The molecule has 0 aliphatic rings. The number of hydrogen-bond donors (Lipinski definition) is 1. The van der Waals surface area contributed by atoms with Gasteiger partial charge in [-0.2, -0.15) is 5.26 Å². The zero-order valence-electron chi connectivity index (χ0n) is 11.3. The van der Waals surface area contributed by atoms with E-state index >= 15 is 0 Å². The zero-order chi connectivity index (χ0) is 15.1. The molecule has 1 rings (SSSR count). The minimum Gasteiger partial charge on any atom is -0.478 e. The molecule has 1 amide bonds. The monoisotopic (exact) mass is 273 g/mol. The molecule has 1 aromatic rings. The quantitative estimate of drug-likeness (QED) is 0.821. The van der Waals surface area contributed by atoms with Crippen molar-refractivity contribution in [1.29, 1.82) is 5.26 Å². The number of pyridine rings is 1. The molecule has 1 atom stereocenters. The first-order chi connectivity index (χ1) is 9.47. The number of amides is 1. The maximum atomic E-state index is 12.3. The molecular weight excluding hydrogens is 258 g/mol. The van der Waals surface area contributed by atoms with Crippen LogP contribution in [0.25, 0.3) is 6.08 Å². The lowest BCUT2D eigenvalue weighted by atomic mass is 10.1. The maximum absolute atomic E-state index is 12.3. The molecule has 20 heavy (non-hydrogen) atoms. The lowest BCUT2D eigenvalue weighted by Gasteiger charge is -2.23. The summed E-state index contributed by atoms with van der Waals surface area (Å²) in [6.07, 6.45) is 3.96. The van der Waals surface area contributed by atoms with Gasteiger partial charge in [0.25, 0.3) is 5.91 Å². The summed E-state index contributed by atoms with van der Waals surface area (Å²) in [4.78, 5) is 28.3. The van der Waals surface area contributed by atoms with Crippen LogP contribution in [-0.2, 0) is 4.79 Å². The summed E-state index contributed by atoms with van der Waals surface area (Å²) in [6, 6.07) is 4.99. The zero-order valence-corrected chi connectivity index (χ0v) is 11.3. The minimum absolute atomic E-state index is 0.164. The van der Waals surface area contributed by atoms with E-state index in [9.17, 15) is 9.59 Å². The van der Waals surface area contributed by atoms with Crippen molar-refractivity contribution in [2.45, 2.75) is 19.4 Å². The van der Waals surface area contributed by atoms with Crippen LogP contribution in [0.15, 0.2) is 24.4 Å². The van der Waals surface area contributed by atoms with Crippen molar-refractivity contribution in [3.05, 3.63) is 35.7 Å². The van der Waals surface area contributed by atoms with Crippen LogP contribution in [0.4, 0.5) is 0 Å². The van der Waals surface area contributed by atoms with Gasteiger partial charge in [0.05, 0.1) is 12.5 Å². The molecule has 1 aromatic heterocycles. The molecule has 0 bridgehead atoms. The highest BCUT2D eigenvalue weighted by Gasteiger charge is 2.20. The van der Waals surface area contributed by atoms with E-state index in [-0.39, 0.29) is 24.1 Å². The van der Waals surface area contributed by atoms with Crippen molar-refractivity contribution >= 4 is 18.0 Å². The van der Waals surface area contributed by atoms with Gasteiger partial charge < -0.3 is 10.0 Å². The number of hydrogen-bond acceptors (Lipinski definition) is 4. The van der Waals surface area contributed by atoms with Gasteiger partial charge in [-0.25, -0.2) is 4.79 Å². The van der Waals surface area contributed by atoms with Crippen LogP contribution >= 0.6 is 0 Å². The third-order valence-corrected chi connectivity index (χ3v) is 2.82. The van der Waals surface area contributed by atoms with Gasteiger partial charge in [0.15, 0.2) is 0 Å². The van der Waals surface area contributed by atoms with Crippen LogP contribution in [0.5, 0.6) is 0 Å². The molecule has 0 aliphatic carbocycles. The third-order valence-electron chi connectivity index (χ3n) is 2.82. The van der Waals surface area contributed by atoms with Crippen LogP contribution < -0.4 is 0 Å². The minimum atomic E-state index is -1.10. The molecule has 0 radical (unpaired) electrons. The van der Waals surface area contributed by atoms with E-state index in [0.717, 1.165) is 6.08 Å². The number of aliphatic carboxylic acids is 1. The normalized spacial score (nSPS) is 11.8. The second-order valence-electron chi connectivity index (χ2n) is 4.24. The Morgan fingerprint density at radius 1 is 1.60 bits per heavy atom. The van der Waals surface area contributed by atoms with Crippen LogP contribution in [0, 0.1) is 11.3 Å². The number of nitriles is 1. The molecule has 0 saturated heterocycles. The average Bonchev–Trinajstić information content (AvgIpc) is 2.44. The van der Waals surface area contributed by atoms with Crippen LogP contribution in [0.1, 0.15) is 29.4 Å². The molecule has 0 aliphatic heterocycles. The van der Waals surface area contributed by atoms with Gasteiger partial charge in [-0.1, -0.05) is 6.07 Å². The number of aromatic nitrogens is 1. The van der Waals surface area contributed by atoms with Crippen LogP contribution in [0.3, 0.4) is 0 Å². The lowest BCUT2D eigenvalue weighted by molar-refractivity contribution is -0.131. The summed E-state index contributed by atoms with van der Waals surface area (Å²) in [5.41, 5.74) is 0.591. The molecule has 6 heteroatoms. The van der Waals surface area contributed by atoms with Gasteiger partial charge >= 0.3 is 5.97 Å². The van der Waals surface area contributed by atoms with E-state index in [1.807, 2.05) is 6.07 Å². The Morgan fingerprint density at radius 2 is 2.30 bits per heavy atom. The van der Waals surface area contributed by atoms with E-state index in [4.69, 9.17) is 10.4 Å². The Labute approximate surface area is 117 Å². The van der Waals surface area contributed by atoms with Crippen molar-refractivity contribution in [2.24, 2.45) is 0 Å². The van der Waals surface area contributed by atoms with Crippen molar-refractivity contribution in [3.8, 4) is 6.07 Å². The molecule has 0 saturated carbocycles. The smallest absolute Gasteiger partial charge is 0.328 e. The van der Waals surface area contributed by atoms with E-state index < -0.39 is 5.97 Å². The number of carbonyl (C=O) groups excluding carboxylic acids is 1. The molecule has 0 aromatic carbocycles. The van der Waals surface area contributed by atoms with Gasteiger partial charge in [0, 0.05) is 30.9 Å². The number of carboxylic acids is 1. The number of carbonyl (C=O) groups is 2. The maximum Gasteiger partial charge on any atom is 0.328 e. The first-order valence-electron chi connectivity index (χ1n) is 5.97. The van der Waals surface area contributed by atoms with Gasteiger partial charge in [-0.15, -0.1) is 0 Å². The Balaban J connectivity index is 3.04. The Morgan fingerprint density at radius 3 is 2.90 bits per heavy atom. The predicted octanol–water partition coefficient (Wildman–Crippen LogP) is 1.55. The standard InChI is InChI=1S/C14H15N3O3/c1-10(7-8-15)17(2)14(20)13-11(4-3-9-16-13)5-6-12(18)19/h3-6,9-10H,7H2,1-2H3,(H,18,19)/b6-5+. The summed E-state index contributed by atoms with van der Waals surface area (Å²) >= 11 is 0. The molecule has 0 fully saturated rings. The second kappa shape index (κ2) is 7.04. The van der Waals surface area contributed by atoms with Gasteiger partial charge in [-0.3, -0.25) is 9.78 Å². The molecule has 0 spiro atoms. The molecule has 1 heterocycles. The number of carboxylic acid groups (broad SMARTS) is 1. The van der Waals surface area contributed by atoms with Crippen LogP contribution in [0.2, 0.25) is 0 Å². The molecular formula is C14H15N3O3. The van der Waals surface area contributed by atoms with Crippen molar-refractivity contribution in [1.82, 2.24) is 9.88 Å². The molecule has 1 N–H and O–H groups in total. The van der Waals surface area contributed by atoms with E-state index in [0.29, 0.717) is 5.56 Å². The topological polar surface area (TPSA) is 94.3 Å². The second-order valence-corrected chi connectivity index (χ2v) is 4.24. The van der Waals surface area contributed by atoms with Crippen molar-refractivity contribution in [3.63, 3.8) is 0 Å². The van der Waals surface area contributed by atoms with Gasteiger partial charge in [0.2, 0.25) is 0 Å². The fourth-order valence-corrected chi connectivity index (χ4v) is 1.53. The summed E-state index contributed by atoms with van der Waals surface area (Å²) in [7, 11) is 1.59. The van der Waals surface area contributed by atoms with E-state index in [1.54, 1.807) is 26.1 Å². The SMILES string of the molecule is CC(CC#N)N(C)C(=O)c1ncccc1/C=C/C(=O)O. The van der Waals surface area contributed by atoms with Crippen LogP contribution in [-0.4, -0.2) is 40.0 Å². The first-order valence-corrected chi connectivity index (χ1v) is 5.97. The first kappa shape index (κ1) is 15.4. The lowest BCUT2D eigenvalue weighted by Crippen LogP contribution is -2.35. The Bertz CT molecular complexity index is 575. The highest BCUT2D eigenvalue weighted by atomic mass is 16.4. The largest absolute Gasteiger partial charge is 0.478 e. The van der Waals surface area contributed by atoms with Crippen molar-refractivity contribution in [2.75, 3.05) is 7.05 Å². The molecule has 6 nitrogen and oxygen atoms in total. The van der Waals surface area contributed by atoms with Gasteiger partial charge in [-0.05, 0) is 19.1 Å². The highest BCUT2D eigenvalue weighted by Crippen LogP contribution is 2.12. The fraction of sp³-hybridized carbons (Fsp3) is 0.286. The average molecular weight is 273 g/mol. The number of rotatable bonds is 5. The summed E-state index contributed by atoms with van der Waals surface area (Å²) in [6.45, 7) is 1.76. The predicted molar refractivity (Wildman–Crippen MR) is 72.7 cm³/mol. The Kier molecular flexibility index (Phi) is 5.42. The van der Waals surface area contributed by atoms with Gasteiger partial charge in [0.1, 0.15) is 5.69 Å². The number of nitrogens with zero attached hydrogens (tertiary/aromatic N) is 3. The summed E-state index contributed by atoms with van der Waals surface area (Å²) in [5.74, 6) is -1.45. The van der Waals surface area contributed by atoms with E-state index in [2.05, 4.69) is 4.98 Å². The van der Waals surface area contributed by atoms with Crippen molar-refractivity contribution < 1.29 is 14.7 Å². The Hall–Kier alpha value is -2.68. The highest BCUT2D eigenvalue weighted by molar-refractivity contribution is 5.97. The third kappa shape index (κ3) is 3.92. The fourth-order valence-electron chi connectivity index (χ4n) is 1.53. The molecule has 1 unspecified atom stereocenters. The summed E-state index contributed by atoms with van der Waals surface area (Å²) in [5, 5.41) is 17.3.